The van der Waals surface area contributed by atoms with Crippen molar-refractivity contribution in [2.45, 2.75) is 104 Å². The molecule has 1 amide bonds. The standard InChI is InChI=1S/C28H39FN8O2S/c1-14-9-11-18(12-10-14)13-37-20-22(30-15(2)19-7-6-8-19)32-24(25-35-27(38)39-36-25)33-23(20)34-26(37)28(5,29)21-16(3)40-17(4)31-21/h14-15,18-19,25,36H,6-13H2,1-5H3,(H,35,38)(H,30,32,33)/t14?,15-,18?,25?,28?/m1/s1. The highest BCUT2D eigenvalue weighted by molar-refractivity contribution is 7.11. The number of hydroxylamine groups is 1. The van der Waals surface area contributed by atoms with E-state index in [0.29, 0.717) is 58.6 Å². The van der Waals surface area contributed by atoms with E-state index in [0.717, 1.165) is 22.7 Å². The molecule has 10 nitrogen and oxygen atoms in total. The van der Waals surface area contributed by atoms with Crippen molar-refractivity contribution >= 4 is 34.4 Å². The number of fused-ring (bicyclic) bond motifs is 1. The van der Waals surface area contributed by atoms with Crippen LogP contribution in [-0.2, 0) is 17.1 Å². The summed E-state index contributed by atoms with van der Waals surface area (Å²) in [4.78, 5) is 36.6. The SMILES string of the molecule is Cc1nc(C(C)(F)c2nc3nc(C4NOC(=O)N4)nc(N[C@H](C)C4CCC4)c3n2CC2CCC(C)CC2)c(C)s1. The number of nitrogens with one attached hydrogen (secondary N) is 3. The molecule has 3 aliphatic rings. The molecule has 0 radical (unpaired) electrons. The number of halogens is 1. The number of alkyl halides is 1. The second kappa shape index (κ2) is 10.5. The van der Waals surface area contributed by atoms with Crippen molar-refractivity contribution in [3.8, 4) is 0 Å². The Kier molecular flexibility index (Phi) is 7.18. The van der Waals surface area contributed by atoms with Gasteiger partial charge in [0.05, 0.1) is 10.7 Å². The van der Waals surface area contributed by atoms with Gasteiger partial charge in [0.25, 0.3) is 0 Å². The van der Waals surface area contributed by atoms with Crippen LogP contribution in [0.2, 0.25) is 0 Å². The predicted octanol–water partition coefficient (Wildman–Crippen LogP) is 5.80. The summed E-state index contributed by atoms with van der Waals surface area (Å²) in [5, 5.41) is 7.13. The van der Waals surface area contributed by atoms with E-state index in [9.17, 15) is 4.79 Å². The van der Waals surface area contributed by atoms with Crippen LogP contribution >= 0.6 is 11.3 Å². The van der Waals surface area contributed by atoms with Crippen molar-refractivity contribution in [3.63, 3.8) is 0 Å². The highest BCUT2D eigenvalue weighted by Gasteiger charge is 2.40. The number of nitrogens with zero attached hydrogens (tertiary/aromatic N) is 5. The number of thiazole rings is 1. The quantitative estimate of drug-likeness (QED) is 0.311. The summed E-state index contributed by atoms with van der Waals surface area (Å²) in [6.07, 6.45) is 6.74. The highest BCUT2D eigenvalue weighted by Crippen LogP contribution is 2.41. The first-order chi connectivity index (χ1) is 19.1. The summed E-state index contributed by atoms with van der Waals surface area (Å²) >= 11 is 1.49. The molecule has 0 aromatic carbocycles. The minimum atomic E-state index is -1.93. The number of hydrogen-bond donors (Lipinski definition) is 3. The van der Waals surface area contributed by atoms with Gasteiger partial charge in [-0.15, -0.1) is 16.8 Å². The van der Waals surface area contributed by atoms with E-state index >= 15 is 4.39 Å². The fourth-order valence-electron chi connectivity index (χ4n) is 6.34. The van der Waals surface area contributed by atoms with Crippen molar-refractivity contribution < 1.29 is 14.0 Å². The van der Waals surface area contributed by atoms with Crippen LogP contribution in [0.4, 0.5) is 15.0 Å². The van der Waals surface area contributed by atoms with Gasteiger partial charge < -0.3 is 14.7 Å². The number of carbonyl (C=O) groups is 1. The van der Waals surface area contributed by atoms with Gasteiger partial charge in [-0.05, 0) is 71.1 Å². The molecular weight excluding hydrogens is 531 g/mol. The molecule has 2 saturated carbocycles. The number of imidazole rings is 1. The largest absolute Gasteiger partial charge is 0.427 e. The van der Waals surface area contributed by atoms with Crippen molar-refractivity contribution in [2.75, 3.05) is 5.32 Å². The molecule has 0 spiro atoms. The van der Waals surface area contributed by atoms with Crippen LogP contribution in [0.3, 0.4) is 0 Å². The Morgan fingerprint density at radius 2 is 1.90 bits per heavy atom. The monoisotopic (exact) mass is 570 g/mol. The lowest BCUT2D eigenvalue weighted by molar-refractivity contribution is 0.120. The molecule has 6 rings (SSSR count). The molecule has 2 aliphatic carbocycles. The lowest BCUT2D eigenvalue weighted by atomic mass is 9.80. The maximum absolute atomic E-state index is 17.1. The van der Waals surface area contributed by atoms with Gasteiger partial charge in [-0.3, -0.25) is 5.32 Å². The molecule has 3 fully saturated rings. The zero-order valence-corrected chi connectivity index (χ0v) is 24.7. The number of carbonyl (C=O) groups excluding carboxylic acids is 1. The Morgan fingerprint density at radius 3 is 2.50 bits per heavy atom. The van der Waals surface area contributed by atoms with E-state index in [-0.39, 0.29) is 6.04 Å². The van der Waals surface area contributed by atoms with Crippen LogP contribution in [0.1, 0.15) is 99.1 Å². The molecule has 0 bridgehead atoms. The average molecular weight is 571 g/mol. The van der Waals surface area contributed by atoms with Gasteiger partial charge in [0, 0.05) is 17.5 Å². The fourth-order valence-corrected chi connectivity index (χ4v) is 7.25. The fraction of sp³-hybridized carbons (Fsp3) is 0.679. The van der Waals surface area contributed by atoms with Gasteiger partial charge in [-0.1, -0.05) is 26.2 Å². The van der Waals surface area contributed by atoms with E-state index in [1.807, 2.05) is 18.4 Å². The Balaban J connectivity index is 1.51. The number of aromatic nitrogens is 5. The first-order valence-corrected chi connectivity index (χ1v) is 15.3. The number of aryl methyl sites for hydroxylation is 2. The predicted molar refractivity (Wildman–Crippen MR) is 152 cm³/mol. The van der Waals surface area contributed by atoms with Gasteiger partial charge in [0.1, 0.15) is 5.52 Å². The molecule has 2 unspecified atom stereocenters. The molecule has 12 heteroatoms. The van der Waals surface area contributed by atoms with Gasteiger partial charge in [-0.25, -0.2) is 29.1 Å². The smallest absolute Gasteiger partial charge is 0.365 e. The lowest BCUT2D eigenvalue weighted by Crippen LogP contribution is -2.32. The molecule has 3 aromatic rings. The van der Waals surface area contributed by atoms with Gasteiger partial charge in [-0.2, -0.15) is 0 Å². The molecule has 1 saturated heterocycles. The molecule has 1 aliphatic heterocycles. The second-order valence-electron chi connectivity index (χ2n) is 12.1. The van der Waals surface area contributed by atoms with Crippen LogP contribution in [0, 0.1) is 31.6 Å². The van der Waals surface area contributed by atoms with Gasteiger partial charge in [0.15, 0.2) is 29.3 Å². The average Bonchev–Trinajstić information content (AvgIpc) is 3.56. The normalized spacial score (nSPS) is 25.8. The topological polar surface area (TPSA) is 119 Å². The van der Waals surface area contributed by atoms with Crippen LogP contribution < -0.4 is 16.1 Å². The second-order valence-corrected chi connectivity index (χ2v) is 13.5. The maximum Gasteiger partial charge on any atom is 0.427 e. The Hall–Kier alpha value is -2.86. The van der Waals surface area contributed by atoms with Crippen LogP contribution in [0.5, 0.6) is 0 Å². The summed E-state index contributed by atoms with van der Waals surface area (Å²) in [5.74, 6) is 2.87. The lowest BCUT2D eigenvalue weighted by Gasteiger charge is -2.32. The van der Waals surface area contributed by atoms with Crippen molar-refractivity contribution in [2.24, 2.45) is 17.8 Å². The molecule has 40 heavy (non-hydrogen) atoms. The molecule has 3 atom stereocenters. The zero-order valence-electron chi connectivity index (χ0n) is 23.9. The number of amides is 1. The molecule has 216 valence electrons. The summed E-state index contributed by atoms with van der Waals surface area (Å²) in [6.45, 7) is 10.5. The summed E-state index contributed by atoms with van der Waals surface area (Å²) in [5.41, 5.74) is 2.19. The van der Waals surface area contributed by atoms with E-state index in [4.69, 9.17) is 19.8 Å². The molecule has 4 heterocycles. The molecular formula is C28H39FN8O2S. The van der Waals surface area contributed by atoms with E-state index < -0.39 is 17.9 Å². The van der Waals surface area contributed by atoms with E-state index in [1.54, 1.807) is 6.92 Å². The number of rotatable bonds is 8. The third kappa shape index (κ3) is 5.04. The number of anilines is 1. The molecule has 3 aromatic heterocycles. The minimum Gasteiger partial charge on any atom is -0.365 e. The van der Waals surface area contributed by atoms with Crippen LogP contribution in [-0.4, -0.2) is 36.6 Å². The van der Waals surface area contributed by atoms with E-state index in [1.165, 1.54) is 43.4 Å². The minimum absolute atomic E-state index is 0.171. The first kappa shape index (κ1) is 27.3. The van der Waals surface area contributed by atoms with Crippen LogP contribution in [0.25, 0.3) is 11.2 Å². The van der Waals surface area contributed by atoms with Gasteiger partial charge in [0.2, 0.25) is 5.67 Å². The number of hydrogen-bond acceptors (Lipinski definition) is 9. The zero-order chi connectivity index (χ0) is 28.2. The van der Waals surface area contributed by atoms with Gasteiger partial charge >= 0.3 is 6.09 Å². The first-order valence-electron chi connectivity index (χ1n) is 14.5. The highest BCUT2D eigenvalue weighted by atomic mass is 32.1. The summed E-state index contributed by atoms with van der Waals surface area (Å²) in [6, 6.07) is 0.171. The maximum atomic E-state index is 17.1. The third-order valence-electron chi connectivity index (χ3n) is 8.98. The van der Waals surface area contributed by atoms with Crippen LogP contribution in [0.15, 0.2) is 0 Å². The Labute approximate surface area is 237 Å². The summed E-state index contributed by atoms with van der Waals surface area (Å²) in [7, 11) is 0. The third-order valence-corrected chi connectivity index (χ3v) is 9.86. The molecule has 3 N–H and O–H groups in total. The van der Waals surface area contributed by atoms with E-state index in [2.05, 4.69) is 34.9 Å². The summed E-state index contributed by atoms with van der Waals surface area (Å²) < 4.78 is 19.1. The Morgan fingerprint density at radius 1 is 1.15 bits per heavy atom. The van der Waals surface area contributed by atoms with Crippen molar-refractivity contribution in [3.05, 3.63) is 27.2 Å². The van der Waals surface area contributed by atoms with Crippen molar-refractivity contribution in [1.29, 1.82) is 0 Å². The van der Waals surface area contributed by atoms with Crippen molar-refractivity contribution in [1.82, 2.24) is 35.3 Å². The Bertz CT molecular complexity index is 1410.